The maximum atomic E-state index is 9.84. The van der Waals surface area contributed by atoms with Crippen LogP contribution in [0.3, 0.4) is 0 Å². The highest BCUT2D eigenvalue weighted by Gasteiger charge is 2.59. The summed E-state index contributed by atoms with van der Waals surface area (Å²) >= 11 is 0. The van der Waals surface area contributed by atoms with Crippen molar-refractivity contribution in [3.05, 3.63) is 0 Å². The highest BCUT2D eigenvalue weighted by atomic mass is 16.6. The van der Waals surface area contributed by atoms with E-state index in [1.54, 1.807) is 0 Å². The van der Waals surface area contributed by atoms with Crippen molar-refractivity contribution in [1.29, 1.82) is 0 Å². The van der Waals surface area contributed by atoms with E-state index >= 15 is 0 Å². The fraction of sp³-hybridized carbons (Fsp3) is 1.00. The first-order valence-corrected chi connectivity index (χ1v) is 6.34. The molecule has 2 heterocycles. The zero-order chi connectivity index (χ0) is 11.3. The van der Waals surface area contributed by atoms with Crippen LogP contribution in [0.15, 0.2) is 0 Å². The molecule has 0 amide bonds. The summed E-state index contributed by atoms with van der Waals surface area (Å²) in [5.74, 6) is 0. The van der Waals surface area contributed by atoms with Gasteiger partial charge in [0.15, 0.2) is 0 Å². The van der Waals surface area contributed by atoms with Crippen LogP contribution in [0, 0.1) is 0 Å². The molecule has 2 bridgehead atoms. The normalized spacial score (nSPS) is 56.1. The first-order chi connectivity index (χ1) is 7.64. The molecule has 1 saturated carbocycles. The Morgan fingerprint density at radius 2 is 2.06 bits per heavy atom. The molecule has 0 aromatic rings. The minimum atomic E-state index is -0.736. The van der Waals surface area contributed by atoms with E-state index < -0.39 is 12.2 Å². The number of aliphatic hydroxyl groups is 2. The minimum Gasteiger partial charge on any atom is -0.390 e. The molecule has 1 aliphatic carbocycles. The lowest BCUT2D eigenvalue weighted by Crippen LogP contribution is -2.54. The van der Waals surface area contributed by atoms with Gasteiger partial charge in [0.25, 0.3) is 0 Å². The Balaban J connectivity index is 1.84. The third-order valence-corrected chi connectivity index (χ3v) is 4.41. The van der Waals surface area contributed by atoms with Gasteiger partial charge in [-0.3, -0.25) is 0 Å². The summed E-state index contributed by atoms with van der Waals surface area (Å²) in [5, 5.41) is 19.6. The van der Waals surface area contributed by atoms with Gasteiger partial charge in [0.1, 0.15) is 6.10 Å². The molecule has 6 atom stereocenters. The van der Waals surface area contributed by atoms with Crippen molar-refractivity contribution in [3.8, 4) is 0 Å². The fourth-order valence-electron chi connectivity index (χ4n) is 3.51. The molecule has 0 aromatic carbocycles. The van der Waals surface area contributed by atoms with Crippen LogP contribution >= 0.6 is 0 Å². The predicted octanol–water partition coefficient (Wildman–Crippen LogP) is 0.597. The lowest BCUT2D eigenvalue weighted by atomic mass is 9.76. The Morgan fingerprint density at radius 1 is 1.25 bits per heavy atom. The monoisotopic (exact) mass is 228 g/mol. The number of hydrogen-bond acceptors (Lipinski definition) is 4. The van der Waals surface area contributed by atoms with Crippen molar-refractivity contribution in [2.45, 2.75) is 75.1 Å². The second-order valence-electron chi connectivity index (χ2n) is 5.42. The summed E-state index contributed by atoms with van der Waals surface area (Å²) in [6.07, 6.45) is 3.00. The van der Waals surface area contributed by atoms with Crippen LogP contribution in [-0.4, -0.2) is 46.3 Å². The molecule has 0 radical (unpaired) electrons. The van der Waals surface area contributed by atoms with Gasteiger partial charge in [-0.15, -0.1) is 0 Å². The number of rotatable bonds is 1. The third-order valence-electron chi connectivity index (χ3n) is 4.41. The Bertz CT molecular complexity index is 278. The van der Waals surface area contributed by atoms with Gasteiger partial charge in [0, 0.05) is 12.8 Å². The SMILES string of the molecule is CC[C@H]1CC[C@@H]2O[C@@H]3C[C@]2(C[C@@H](O)C3O)O1. The molecule has 0 aromatic heterocycles. The van der Waals surface area contributed by atoms with Crippen molar-refractivity contribution >= 4 is 0 Å². The molecule has 3 fully saturated rings. The van der Waals surface area contributed by atoms with Gasteiger partial charge in [-0.05, 0) is 19.3 Å². The summed E-state index contributed by atoms with van der Waals surface area (Å²) in [7, 11) is 0. The van der Waals surface area contributed by atoms with E-state index in [2.05, 4.69) is 6.92 Å². The van der Waals surface area contributed by atoms with Gasteiger partial charge in [-0.25, -0.2) is 0 Å². The number of fused-ring (bicyclic) bond motifs is 1. The van der Waals surface area contributed by atoms with E-state index in [-0.39, 0.29) is 17.8 Å². The maximum Gasteiger partial charge on any atom is 0.106 e. The van der Waals surface area contributed by atoms with E-state index in [9.17, 15) is 10.2 Å². The lowest BCUT2D eigenvalue weighted by Gasteiger charge is -2.44. The number of aliphatic hydroxyl groups excluding tert-OH is 2. The van der Waals surface area contributed by atoms with Gasteiger partial charge in [-0.1, -0.05) is 6.92 Å². The molecular weight excluding hydrogens is 208 g/mol. The smallest absolute Gasteiger partial charge is 0.106 e. The standard InChI is InChI=1S/C12H20O4/c1-2-7-3-4-10-12(16-7)5-8(13)11(14)9(6-12)15-10/h7-11,13-14H,2-6H2,1H3/t7-,8+,9+,10-,11?,12-/m0/s1. The Kier molecular flexibility index (Phi) is 2.51. The Morgan fingerprint density at radius 3 is 2.81 bits per heavy atom. The summed E-state index contributed by atoms with van der Waals surface area (Å²) < 4.78 is 12.0. The topological polar surface area (TPSA) is 58.9 Å². The second kappa shape index (κ2) is 3.67. The average Bonchev–Trinajstić information content (AvgIpc) is 2.60. The predicted molar refractivity (Wildman–Crippen MR) is 57.0 cm³/mol. The van der Waals surface area contributed by atoms with Crippen LogP contribution in [0.4, 0.5) is 0 Å². The first kappa shape index (κ1) is 11.0. The summed E-state index contributed by atoms with van der Waals surface area (Å²) in [5.41, 5.74) is -0.317. The molecule has 2 saturated heterocycles. The van der Waals surface area contributed by atoms with E-state index in [0.717, 1.165) is 25.7 Å². The van der Waals surface area contributed by atoms with Gasteiger partial charge in [0.05, 0.1) is 30.0 Å². The molecule has 1 unspecified atom stereocenters. The summed E-state index contributed by atoms with van der Waals surface area (Å²) in [6.45, 7) is 2.13. The molecule has 4 heteroatoms. The van der Waals surface area contributed by atoms with E-state index in [1.165, 1.54) is 0 Å². The highest BCUT2D eigenvalue weighted by Crippen LogP contribution is 2.49. The molecule has 1 spiro atoms. The van der Waals surface area contributed by atoms with Crippen molar-refractivity contribution in [1.82, 2.24) is 0 Å². The fourth-order valence-corrected chi connectivity index (χ4v) is 3.51. The van der Waals surface area contributed by atoms with Crippen LogP contribution < -0.4 is 0 Å². The highest BCUT2D eigenvalue weighted by molar-refractivity contribution is 5.09. The molecule has 2 N–H and O–H groups in total. The van der Waals surface area contributed by atoms with Gasteiger partial charge in [0.2, 0.25) is 0 Å². The van der Waals surface area contributed by atoms with E-state index in [1.807, 2.05) is 0 Å². The zero-order valence-electron chi connectivity index (χ0n) is 9.63. The van der Waals surface area contributed by atoms with Gasteiger partial charge < -0.3 is 19.7 Å². The summed E-state index contributed by atoms with van der Waals surface area (Å²) in [6, 6.07) is 0. The van der Waals surface area contributed by atoms with Crippen molar-refractivity contribution < 1.29 is 19.7 Å². The number of hydrogen-bond donors (Lipinski definition) is 2. The Hall–Kier alpha value is -0.160. The zero-order valence-corrected chi connectivity index (χ0v) is 9.63. The van der Waals surface area contributed by atoms with Crippen molar-refractivity contribution in [2.75, 3.05) is 0 Å². The second-order valence-corrected chi connectivity index (χ2v) is 5.42. The molecule has 92 valence electrons. The van der Waals surface area contributed by atoms with Crippen molar-refractivity contribution in [2.24, 2.45) is 0 Å². The van der Waals surface area contributed by atoms with Crippen LogP contribution in [0.2, 0.25) is 0 Å². The van der Waals surface area contributed by atoms with Crippen molar-refractivity contribution in [3.63, 3.8) is 0 Å². The van der Waals surface area contributed by atoms with Gasteiger partial charge >= 0.3 is 0 Å². The largest absolute Gasteiger partial charge is 0.390 e. The summed E-state index contributed by atoms with van der Waals surface area (Å²) in [4.78, 5) is 0. The van der Waals surface area contributed by atoms with Crippen LogP contribution in [0.25, 0.3) is 0 Å². The van der Waals surface area contributed by atoms with E-state index in [0.29, 0.717) is 12.5 Å². The molecular formula is C12H20O4. The molecule has 3 rings (SSSR count). The molecule has 2 aliphatic heterocycles. The van der Waals surface area contributed by atoms with Crippen LogP contribution in [0.5, 0.6) is 0 Å². The van der Waals surface area contributed by atoms with Crippen LogP contribution in [-0.2, 0) is 9.47 Å². The minimum absolute atomic E-state index is 0.0760. The lowest BCUT2D eigenvalue weighted by molar-refractivity contribution is -0.177. The third kappa shape index (κ3) is 1.44. The average molecular weight is 228 g/mol. The maximum absolute atomic E-state index is 9.84. The van der Waals surface area contributed by atoms with Gasteiger partial charge in [-0.2, -0.15) is 0 Å². The first-order valence-electron chi connectivity index (χ1n) is 6.34. The Labute approximate surface area is 95.6 Å². The molecule has 3 aliphatic rings. The number of ether oxygens (including phenoxy) is 2. The van der Waals surface area contributed by atoms with E-state index in [4.69, 9.17) is 9.47 Å². The quantitative estimate of drug-likeness (QED) is 0.690. The van der Waals surface area contributed by atoms with Crippen LogP contribution in [0.1, 0.15) is 39.0 Å². The molecule has 4 nitrogen and oxygen atoms in total. The molecule has 16 heavy (non-hydrogen) atoms.